The molecule has 0 amide bonds. The molecule has 0 aromatic heterocycles. The molecule has 3 nitrogen and oxygen atoms in total. The minimum absolute atomic E-state index is 0.0971. The molecule has 0 bridgehead atoms. The molecule has 0 unspecified atom stereocenters. The molecule has 1 atom stereocenters. The van der Waals surface area contributed by atoms with E-state index in [-0.39, 0.29) is 15.6 Å². The lowest BCUT2D eigenvalue weighted by atomic mass is 10.1. The molecule has 15 heavy (non-hydrogen) atoms. The van der Waals surface area contributed by atoms with Gasteiger partial charge >= 0.3 is 5.97 Å². The van der Waals surface area contributed by atoms with Gasteiger partial charge in [-0.1, -0.05) is 0 Å². The van der Waals surface area contributed by atoms with E-state index in [1.807, 2.05) is 0 Å². The third kappa shape index (κ3) is 3.10. The monoisotopic (exact) mass is 323 g/mol. The van der Waals surface area contributed by atoms with Gasteiger partial charge in [0.2, 0.25) is 0 Å². The lowest BCUT2D eigenvalue weighted by molar-refractivity contribution is -0.138. The van der Waals surface area contributed by atoms with Crippen LogP contribution in [0.5, 0.6) is 0 Å². The predicted octanol–water partition coefficient (Wildman–Crippen LogP) is 1.52. The van der Waals surface area contributed by atoms with Crippen molar-refractivity contribution in [1.29, 1.82) is 0 Å². The van der Waals surface area contributed by atoms with Crippen LogP contribution in [0.15, 0.2) is 12.1 Å². The van der Waals surface area contributed by atoms with E-state index in [2.05, 4.69) is 0 Å². The highest BCUT2D eigenvalue weighted by molar-refractivity contribution is 14.1. The van der Waals surface area contributed by atoms with Gasteiger partial charge in [0.1, 0.15) is 17.7 Å². The average Bonchev–Trinajstić information content (AvgIpc) is 2.13. The van der Waals surface area contributed by atoms with Crippen LogP contribution < -0.4 is 5.73 Å². The van der Waals surface area contributed by atoms with E-state index in [1.54, 1.807) is 0 Å². The first-order chi connectivity index (χ1) is 6.91. The summed E-state index contributed by atoms with van der Waals surface area (Å²) in [4.78, 5) is 10.4. The van der Waals surface area contributed by atoms with Crippen molar-refractivity contribution < 1.29 is 18.7 Å². The Morgan fingerprint density at radius 2 is 1.93 bits per heavy atom. The number of nitrogens with two attached hydrogens (primary N) is 1. The number of hydrogen-bond donors (Lipinski definition) is 2. The highest BCUT2D eigenvalue weighted by atomic mass is 123. The first kappa shape index (κ1) is 12.3. The predicted molar refractivity (Wildman–Crippen MR) is 58.4 cm³/mol. The number of benzene rings is 1. The third-order valence-electron chi connectivity index (χ3n) is 1.82. The Balaban J connectivity index is 2.92. The molecule has 0 aliphatic rings. The van der Waals surface area contributed by atoms with E-state index in [0.29, 0.717) is 0 Å². The molecule has 0 heterocycles. The summed E-state index contributed by atoms with van der Waals surface area (Å²) in [6, 6.07) is 1.03. The third-order valence-corrected chi connectivity index (χ3v) is 2.85. The van der Waals surface area contributed by atoms with Crippen molar-refractivity contribution in [2.24, 2.45) is 5.73 Å². The van der Waals surface area contributed by atoms with Crippen LogP contribution in [0.1, 0.15) is 5.56 Å². The van der Waals surface area contributed by atoms with Crippen molar-refractivity contribution in [2.45, 2.75) is 12.5 Å². The fraction of sp³-hybridized carbons (Fsp3) is 0.222. The summed E-state index contributed by atoms with van der Waals surface area (Å²) >= 11 is 1.54. The average molecular weight is 323 g/mol. The second-order valence-electron chi connectivity index (χ2n) is 3.02. The molecule has 0 spiro atoms. The lowest BCUT2D eigenvalue weighted by Gasteiger charge is -2.07. The minimum atomic E-state index is -1.20. The van der Waals surface area contributed by atoms with Gasteiger partial charge < -0.3 is 10.8 Å². The Morgan fingerprint density at radius 1 is 1.47 bits per heavy atom. The minimum Gasteiger partial charge on any atom is -0.480 e. The zero-order valence-electron chi connectivity index (χ0n) is 7.51. The van der Waals surface area contributed by atoms with Crippen LogP contribution in [0.4, 0.5) is 8.78 Å². The summed E-state index contributed by atoms with van der Waals surface area (Å²) in [6.45, 7) is 0. The molecule has 0 radical (unpaired) electrons. The topological polar surface area (TPSA) is 63.3 Å². The maximum Gasteiger partial charge on any atom is 0.320 e. The van der Waals surface area contributed by atoms with Crippen molar-refractivity contribution in [1.82, 2.24) is 0 Å². The Bertz CT molecular complexity index is 375. The van der Waals surface area contributed by atoms with Crippen molar-refractivity contribution in [3.63, 3.8) is 0 Å². The molecular weight excluding hydrogens is 315 g/mol. The highest BCUT2D eigenvalue weighted by Gasteiger charge is 2.15. The summed E-state index contributed by atoms with van der Waals surface area (Å²) in [5.74, 6) is -2.61. The number of hydrogen-bond acceptors (Lipinski definition) is 2. The van der Waals surface area contributed by atoms with Gasteiger partial charge in [0.25, 0.3) is 0 Å². The molecule has 6 heteroatoms. The molecule has 1 aromatic carbocycles. The zero-order chi connectivity index (χ0) is 11.6. The Morgan fingerprint density at radius 3 is 2.33 bits per heavy atom. The quantitative estimate of drug-likeness (QED) is 0.655. The molecule has 0 aliphatic carbocycles. The number of carboxylic acid groups (broad SMARTS) is 1. The highest BCUT2D eigenvalue weighted by Crippen LogP contribution is 2.18. The fourth-order valence-corrected chi connectivity index (χ4v) is 1.38. The van der Waals surface area contributed by atoms with Gasteiger partial charge in [0.15, 0.2) is 0 Å². The molecule has 0 aliphatic heterocycles. The van der Waals surface area contributed by atoms with E-state index in [4.69, 9.17) is 10.8 Å². The molecule has 82 valence electrons. The molecule has 0 saturated carbocycles. The van der Waals surface area contributed by atoms with Crippen LogP contribution in [0, 0.1) is 15.2 Å². The Hall–Kier alpha value is -0.760. The van der Waals surface area contributed by atoms with E-state index >= 15 is 0 Å². The molecule has 0 fully saturated rings. The van der Waals surface area contributed by atoms with E-state index in [1.165, 1.54) is 22.6 Å². The lowest BCUT2D eigenvalue weighted by Crippen LogP contribution is -2.32. The zero-order valence-corrected chi connectivity index (χ0v) is 9.66. The molecule has 1 rings (SSSR count). The normalized spacial score (nSPS) is 12.5. The Labute approximate surface area is 98.4 Å². The van der Waals surface area contributed by atoms with Crippen molar-refractivity contribution in [3.05, 3.63) is 32.9 Å². The standard InChI is InChI=1S/C9H8F2INO2/c10-5-1-4(2-6(11)8(5)12)3-7(13)9(14)15/h1-2,7H,3,13H2,(H,14,15)/t7-/m0/s1/i12-4. The van der Waals surface area contributed by atoms with Crippen LogP contribution in [0.2, 0.25) is 0 Å². The summed E-state index contributed by atoms with van der Waals surface area (Å²) < 4.78 is 26.0. The van der Waals surface area contributed by atoms with Gasteiger partial charge in [-0.25, -0.2) is 8.78 Å². The van der Waals surface area contributed by atoms with Gasteiger partial charge in [0.05, 0.1) is 3.57 Å². The second-order valence-corrected chi connectivity index (χ2v) is 4.10. The fourth-order valence-electron chi connectivity index (χ4n) is 1.07. The number of aliphatic carboxylic acids is 1. The van der Waals surface area contributed by atoms with E-state index < -0.39 is 23.6 Å². The van der Waals surface area contributed by atoms with Gasteiger partial charge in [-0.3, -0.25) is 4.79 Å². The van der Waals surface area contributed by atoms with Gasteiger partial charge in [0, 0.05) is 0 Å². The molecule has 0 saturated heterocycles. The van der Waals surface area contributed by atoms with Crippen LogP contribution in [-0.4, -0.2) is 17.1 Å². The molecular formula is C9H8F2INO2. The Kier molecular flexibility index (Phi) is 3.97. The second kappa shape index (κ2) is 4.84. The molecule has 3 N–H and O–H groups in total. The van der Waals surface area contributed by atoms with Crippen LogP contribution in [0.3, 0.4) is 0 Å². The first-order valence-corrected chi connectivity index (χ1v) is 5.11. The molecule has 1 aromatic rings. The summed E-state index contributed by atoms with van der Waals surface area (Å²) in [5.41, 5.74) is 5.48. The van der Waals surface area contributed by atoms with Gasteiger partial charge in [-0.2, -0.15) is 0 Å². The maximum absolute atomic E-state index is 13.1. The largest absolute Gasteiger partial charge is 0.480 e. The van der Waals surface area contributed by atoms with Crippen LogP contribution in [-0.2, 0) is 11.2 Å². The number of rotatable bonds is 3. The van der Waals surface area contributed by atoms with Gasteiger partial charge in [-0.05, 0) is 46.7 Å². The van der Waals surface area contributed by atoms with Crippen molar-refractivity contribution in [2.75, 3.05) is 0 Å². The van der Waals surface area contributed by atoms with Crippen LogP contribution in [0.25, 0.3) is 0 Å². The van der Waals surface area contributed by atoms with Gasteiger partial charge in [-0.15, -0.1) is 0 Å². The van der Waals surface area contributed by atoms with Crippen LogP contribution >= 0.6 is 22.6 Å². The number of halogens is 3. The van der Waals surface area contributed by atoms with E-state index in [0.717, 1.165) is 12.1 Å². The van der Waals surface area contributed by atoms with Crippen molar-refractivity contribution >= 4 is 28.6 Å². The summed E-state index contributed by atoms with van der Waals surface area (Å²) in [6.07, 6.45) is -0.0971. The van der Waals surface area contributed by atoms with Crippen molar-refractivity contribution in [3.8, 4) is 0 Å². The smallest absolute Gasteiger partial charge is 0.320 e. The maximum atomic E-state index is 13.1. The summed E-state index contributed by atoms with van der Waals surface area (Å²) in [5, 5.41) is 8.52. The first-order valence-electron chi connectivity index (χ1n) is 4.03. The SMILES string of the molecule is N[C@@H](Cc1cc(F)c([123I])c(F)c1)C(=O)O. The number of carboxylic acids is 1. The summed E-state index contributed by atoms with van der Waals surface area (Å²) in [7, 11) is 0. The number of carbonyl (C=O) groups is 1. The van der Waals surface area contributed by atoms with E-state index in [9.17, 15) is 13.6 Å².